The molecule has 1 saturated carbocycles. The zero-order valence-corrected chi connectivity index (χ0v) is 10.6. The molecule has 0 spiro atoms. The van der Waals surface area contributed by atoms with Gasteiger partial charge in [-0.1, -0.05) is 12.1 Å². The Labute approximate surface area is 113 Å². The Morgan fingerprint density at radius 1 is 1.30 bits per heavy atom. The molecule has 2 aromatic rings. The Morgan fingerprint density at radius 2 is 2.10 bits per heavy atom. The molecular formula is C14H13F3N2O. The first-order valence-electron chi connectivity index (χ1n) is 6.37. The van der Waals surface area contributed by atoms with Crippen LogP contribution in [0.2, 0.25) is 0 Å². The van der Waals surface area contributed by atoms with E-state index in [1.807, 2.05) is 0 Å². The van der Waals surface area contributed by atoms with Gasteiger partial charge in [0, 0.05) is 18.2 Å². The molecule has 1 aromatic carbocycles. The van der Waals surface area contributed by atoms with Gasteiger partial charge in [-0.15, -0.1) is 0 Å². The zero-order chi connectivity index (χ0) is 14.2. The van der Waals surface area contributed by atoms with E-state index < -0.39 is 11.7 Å². The Morgan fingerprint density at radius 3 is 2.80 bits per heavy atom. The summed E-state index contributed by atoms with van der Waals surface area (Å²) in [6.45, 7) is 0.507. The molecule has 1 aliphatic rings. The van der Waals surface area contributed by atoms with E-state index in [4.69, 9.17) is 4.42 Å². The maximum Gasteiger partial charge on any atom is 0.416 e. The highest BCUT2D eigenvalue weighted by atomic mass is 19.4. The number of benzene rings is 1. The van der Waals surface area contributed by atoms with E-state index in [0.29, 0.717) is 29.6 Å². The van der Waals surface area contributed by atoms with Crippen LogP contribution >= 0.6 is 0 Å². The van der Waals surface area contributed by atoms with E-state index >= 15 is 0 Å². The van der Waals surface area contributed by atoms with Crippen LogP contribution in [-0.2, 0) is 12.7 Å². The summed E-state index contributed by atoms with van der Waals surface area (Å²) in [5.41, 5.74) is 0.341. The Bertz CT molecular complexity index is 602. The third-order valence-corrected chi connectivity index (χ3v) is 3.23. The second-order valence-electron chi connectivity index (χ2n) is 4.86. The van der Waals surface area contributed by atoms with Crippen molar-refractivity contribution in [2.75, 3.05) is 0 Å². The highest BCUT2D eigenvalue weighted by molar-refractivity contribution is 5.60. The minimum atomic E-state index is -4.36. The maximum atomic E-state index is 12.7. The van der Waals surface area contributed by atoms with Gasteiger partial charge in [0.25, 0.3) is 0 Å². The second kappa shape index (κ2) is 4.94. The van der Waals surface area contributed by atoms with Crippen molar-refractivity contribution in [1.29, 1.82) is 0 Å². The lowest BCUT2D eigenvalue weighted by Crippen LogP contribution is -2.16. The predicted molar refractivity (Wildman–Crippen MR) is 66.8 cm³/mol. The maximum absolute atomic E-state index is 12.7. The fourth-order valence-corrected chi connectivity index (χ4v) is 2.00. The fourth-order valence-electron chi connectivity index (χ4n) is 2.00. The summed E-state index contributed by atoms with van der Waals surface area (Å²) < 4.78 is 43.4. The molecule has 0 atom stereocenters. The highest BCUT2D eigenvalue weighted by Crippen LogP contribution is 2.33. The summed E-state index contributed by atoms with van der Waals surface area (Å²) in [6.07, 6.45) is -0.824. The van der Waals surface area contributed by atoms with Crippen LogP contribution < -0.4 is 5.32 Å². The molecule has 0 radical (unpaired) electrons. The number of oxazole rings is 1. The van der Waals surface area contributed by atoms with Crippen LogP contribution in [0.4, 0.5) is 13.2 Å². The van der Waals surface area contributed by atoms with Crippen molar-refractivity contribution < 1.29 is 17.6 Å². The van der Waals surface area contributed by atoms with Crippen LogP contribution in [0.15, 0.2) is 35.1 Å². The van der Waals surface area contributed by atoms with Crippen molar-refractivity contribution in [3.05, 3.63) is 41.9 Å². The quantitative estimate of drug-likeness (QED) is 0.931. The number of nitrogens with zero attached hydrogens (tertiary/aromatic N) is 1. The molecule has 3 rings (SSSR count). The molecule has 1 N–H and O–H groups in total. The third kappa shape index (κ3) is 2.85. The molecule has 0 amide bonds. The molecule has 1 heterocycles. The van der Waals surface area contributed by atoms with Gasteiger partial charge in [-0.3, -0.25) is 0 Å². The first-order valence-corrected chi connectivity index (χ1v) is 6.37. The number of aromatic nitrogens is 1. The molecular weight excluding hydrogens is 269 g/mol. The lowest BCUT2D eigenvalue weighted by molar-refractivity contribution is -0.137. The smallest absolute Gasteiger partial charge is 0.416 e. The van der Waals surface area contributed by atoms with Crippen molar-refractivity contribution in [3.8, 4) is 11.3 Å². The van der Waals surface area contributed by atoms with Crippen molar-refractivity contribution in [2.24, 2.45) is 0 Å². The van der Waals surface area contributed by atoms with Crippen LogP contribution in [0.1, 0.15) is 24.1 Å². The molecule has 0 aliphatic heterocycles. The molecule has 1 fully saturated rings. The predicted octanol–water partition coefficient (Wildman–Crippen LogP) is 3.61. The van der Waals surface area contributed by atoms with Crippen molar-refractivity contribution in [1.82, 2.24) is 10.3 Å². The van der Waals surface area contributed by atoms with E-state index in [1.165, 1.54) is 12.5 Å². The van der Waals surface area contributed by atoms with Gasteiger partial charge < -0.3 is 9.73 Å². The highest BCUT2D eigenvalue weighted by Gasteiger charge is 2.31. The Kier molecular flexibility index (Phi) is 3.25. The normalized spacial score (nSPS) is 15.6. The van der Waals surface area contributed by atoms with Gasteiger partial charge >= 0.3 is 6.18 Å². The molecule has 0 saturated heterocycles. The largest absolute Gasteiger partial charge is 0.443 e. The molecule has 1 aliphatic carbocycles. The summed E-state index contributed by atoms with van der Waals surface area (Å²) in [7, 11) is 0. The zero-order valence-electron chi connectivity index (χ0n) is 10.6. The van der Waals surface area contributed by atoms with Crippen LogP contribution in [0, 0.1) is 0 Å². The van der Waals surface area contributed by atoms with Crippen molar-refractivity contribution in [3.63, 3.8) is 0 Å². The molecule has 20 heavy (non-hydrogen) atoms. The van der Waals surface area contributed by atoms with Gasteiger partial charge in [-0.05, 0) is 25.0 Å². The SMILES string of the molecule is FC(F)(F)c1cccc(-c2ocnc2CNC2CC2)c1. The fraction of sp³-hybridized carbons (Fsp3) is 0.357. The van der Waals surface area contributed by atoms with Gasteiger partial charge in [-0.2, -0.15) is 13.2 Å². The summed E-state index contributed by atoms with van der Waals surface area (Å²) in [4.78, 5) is 4.07. The van der Waals surface area contributed by atoms with Gasteiger partial charge in [0.2, 0.25) is 0 Å². The average Bonchev–Trinajstić information content (AvgIpc) is 3.12. The molecule has 1 aromatic heterocycles. The van der Waals surface area contributed by atoms with Crippen LogP contribution in [0.25, 0.3) is 11.3 Å². The molecule has 6 heteroatoms. The lowest BCUT2D eigenvalue weighted by atomic mass is 10.1. The van der Waals surface area contributed by atoms with E-state index in [9.17, 15) is 13.2 Å². The van der Waals surface area contributed by atoms with Gasteiger partial charge in [0.05, 0.1) is 5.56 Å². The minimum absolute atomic E-state index is 0.393. The van der Waals surface area contributed by atoms with E-state index in [1.54, 1.807) is 6.07 Å². The van der Waals surface area contributed by atoms with Crippen LogP contribution in [0.3, 0.4) is 0 Å². The van der Waals surface area contributed by atoms with Crippen LogP contribution in [0.5, 0.6) is 0 Å². The summed E-state index contributed by atoms with van der Waals surface area (Å²) in [5.74, 6) is 0.393. The number of hydrogen-bond acceptors (Lipinski definition) is 3. The molecule has 0 bridgehead atoms. The van der Waals surface area contributed by atoms with Crippen LogP contribution in [-0.4, -0.2) is 11.0 Å². The number of nitrogens with one attached hydrogen (secondary N) is 1. The Hall–Kier alpha value is -1.82. The first-order chi connectivity index (χ1) is 9.54. The van der Waals surface area contributed by atoms with E-state index in [2.05, 4.69) is 10.3 Å². The lowest BCUT2D eigenvalue weighted by Gasteiger charge is -2.08. The second-order valence-corrected chi connectivity index (χ2v) is 4.86. The summed E-state index contributed by atoms with van der Waals surface area (Å²) in [5, 5.41) is 3.27. The van der Waals surface area contributed by atoms with Gasteiger partial charge in [0.1, 0.15) is 5.69 Å². The van der Waals surface area contributed by atoms with Crippen molar-refractivity contribution in [2.45, 2.75) is 31.6 Å². The third-order valence-electron chi connectivity index (χ3n) is 3.23. The molecule has 106 valence electrons. The van der Waals surface area contributed by atoms with Crippen molar-refractivity contribution >= 4 is 0 Å². The minimum Gasteiger partial charge on any atom is -0.443 e. The number of hydrogen-bond donors (Lipinski definition) is 1. The Balaban J connectivity index is 1.86. The number of rotatable bonds is 4. The van der Waals surface area contributed by atoms with Gasteiger partial charge in [0.15, 0.2) is 12.2 Å². The molecule has 0 unspecified atom stereocenters. The first kappa shape index (κ1) is 13.2. The summed E-state index contributed by atoms with van der Waals surface area (Å²) in [6, 6.07) is 5.60. The topological polar surface area (TPSA) is 38.1 Å². The number of alkyl halides is 3. The average molecular weight is 282 g/mol. The van der Waals surface area contributed by atoms with E-state index in [-0.39, 0.29) is 0 Å². The standard InChI is InChI=1S/C14H13F3N2O/c15-14(16,17)10-3-1-2-9(6-10)13-12(19-8-20-13)7-18-11-4-5-11/h1-3,6,8,11,18H,4-5,7H2. The summed E-state index contributed by atoms with van der Waals surface area (Å²) >= 11 is 0. The van der Waals surface area contributed by atoms with Gasteiger partial charge in [-0.25, -0.2) is 4.98 Å². The number of halogens is 3. The monoisotopic (exact) mass is 282 g/mol. The molecule has 3 nitrogen and oxygen atoms in total. The van der Waals surface area contributed by atoms with E-state index in [0.717, 1.165) is 25.0 Å².